The third-order valence-electron chi connectivity index (χ3n) is 2.70. The van der Waals surface area contributed by atoms with Crippen LogP contribution in [0.5, 0.6) is 5.75 Å². The van der Waals surface area contributed by atoms with Crippen LogP contribution < -0.4 is 4.74 Å². The van der Waals surface area contributed by atoms with Gasteiger partial charge in [-0.1, -0.05) is 0 Å². The van der Waals surface area contributed by atoms with Crippen LogP contribution in [0.25, 0.3) is 16.4 Å². The number of methoxy groups -OCH3 is 1. The Morgan fingerprint density at radius 3 is 2.50 bits per heavy atom. The molecule has 0 aliphatic rings. The van der Waals surface area contributed by atoms with E-state index in [9.17, 15) is 0 Å². The van der Waals surface area contributed by atoms with Crippen molar-refractivity contribution in [3.05, 3.63) is 54.2 Å². The molecule has 3 rings (SSSR count). The highest BCUT2D eigenvalue weighted by Gasteiger charge is 2.05. The molecule has 1 aromatic carbocycles. The number of hydrogen-bond acceptors (Lipinski definition) is 3. The van der Waals surface area contributed by atoms with Gasteiger partial charge in [0, 0.05) is 23.3 Å². The van der Waals surface area contributed by atoms with E-state index in [1.165, 1.54) is 0 Å². The van der Waals surface area contributed by atoms with E-state index in [2.05, 4.69) is 10.4 Å². The molecule has 2 heterocycles. The van der Waals surface area contributed by atoms with Gasteiger partial charge < -0.3 is 9.30 Å². The van der Waals surface area contributed by atoms with Crippen molar-refractivity contribution in [2.75, 3.05) is 7.11 Å². The Morgan fingerprint density at radius 1 is 1.11 bits per heavy atom. The van der Waals surface area contributed by atoms with Crippen LogP contribution in [0.2, 0.25) is 0 Å². The van der Waals surface area contributed by atoms with E-state index in [-0.39, 0.29) is 0 Å². The summed E-state index contributed by atoms with van der Waals surface area (Å²) in [5.41, 5.74) is 2.09. The van der Waals surface area contributed by atoms with Crippen LogP contribution in [-0.2, 0) is 0 Å². The highest BCUT2D eigenvalue weighted by molar-refractivity contribution is 7.12. The summed E-state index contributed by atoms with van der Waals surface area (Å²) in [4.78, 5) is 4.62. The van der Waals surface area contributed by atoms with Crippen LogP contribution >= 0.6 is 11.3 Å². The number of rotatable bonds is 3. The number of benzene rings is 1. The smallest absolute Gasteiger partial charge is 0.194 e. The van der Waals surface area contributed by atoms with Crippen molar-refractivity contribution in [1.82, 2.24) is 9.55 Å². The second kappa shape index (κ2) is 4.66. The fraction of sp³-hybridized carbons (Fsp3) is 0.0714. The predicted octanol–water partition coefficient (Wildman–Crippen LogP) is 3.61. The zero-order valence-corrected chi connectivity index (χ0v) is 10.7. The largest absolute Gasteiger partial charge is 0.497 e. The summed E-state index contributed by atoms with van der Waals surface area (Å²) in [6.45, 7) is 0. The third kappa shape index (κ3) is 2.02. The lowest BCUT2D eigenvalue weighted by Crippen LogP contribution is -1.88. The van der Waals surface area contributed by atoms with E-state index < -0.39 is 0 Å². The molecule has 0 amide bonds. The summed E-state index contributed by atoms with van der Waals surface area (Å²) in [6.07, 6.45) is 3.99. The monoisotopic (exact) mass is 256 g/mol. The average Bonchev–Trinajstić information content (AvgIpc) is 3.09. The van der Waals surface area contributed by atoms with E-state index in [0.29, 0.717) is 0 Å². The van der Waals surface area contributed by atoms with Gasteiger partial charge in [-0.3, -0.25) is 0 Å². The highest BCUT2D eigenvalue weighted by atomic mass is 32.1. The molecule has 0 unspecified atom stereocenters. The molecule has 0 saturated heterocycles. The molecule has 90 valence electrons. The van der Waals surface area contributed by atoms with Crippen molar-refractivity contribution in [3.8, 4) is 22.1 Å². The van der Waals surface area contributed by atoms with Crippen molar-refractivity contribution in [2.24, 2.45) is 0 Å². The van der Waals surface area contributed by atoms with Gasteiger partial charge in [0.1, 0.15) is 5.75 Å². The van der Waals surface area contributed by atoms with E-state index in [1.807, 2.05) is 53.4 Å². The fourth-order valence-electron chi connectivity index (χ4n) is 1.74. The SMILES string of the molecule is COc1ccc(-c2csc(-n3cccc3)n2)cc1. The zero-order valence-electron chi connectivity index (χ0n) is 9.91. The molecule has 18 heavy (non-hydrogen) atoms. The third-order valence-corrected chi connectivity index (χ3v) is 3.56. The summed E-state index contributed by atoms with van der Waals surface area (Å²) < 4.78 is 7.16. The van der Waals surface area contributed by atoms with Gasteiger partial charge >= 0.3 is 0 Å². The van der Waals surface area contributed by atoms with Crippen molar-refractivity contribution in [3.63, 3.8) is 0 Å². The number of hydrogen-bond donors (Lipinski definition) is 0. The molecule has 0 aliphatic heterocycles. The van der Waals surface area contributed by atoms with E-state index in [0.717, 1.165) is 22.1 Å². The number of thiazole rings is 1. The summed E-state index contributed by atoms with van der Waals surface area (Å²) in [7, 11) is 1.67. The minimum absolute atomic E-state index is 0.861. The van der Waals surface area contributed by atoms with Gasteiger partial charge in [-0.15, -0.1) is 11.3 Å². The van der Waals surface area contributed by atoms with Gasteiger partial charge in [0.05, 0.1) is 12.8 Å². The normalized spacial score (nSPS) is 10.5. The molecule has 0 N–H and O–H groups in total. The lowest BCUT2D eigenvalue weighted by molar-refractivity contribution is 0.415. The summed E-state index contributed by atoms with van der Waals surface area (Å²) in [5, 5.41) is 3.04. The van der Waals surface area contributed by atoms with Crippen LogP contribution in [0.3, 0.4) is 0 Å². The molecular weight excluding hydrogens is 244 g/mol. The van der Waals surface area contributed by atoms with E-state index in [4.69, 9.17) is 4.74 Å². The van der Waals surface area contributed by atoms with Crippen LogP contribution in [0.1, 0.15) is 0 Å². The van der Waals surface area contributed by atoms with Gasteiger partial charge in [0.15, 0.2) is 5.13 Å². The molecule has 0 radical (unpaired) electrons. The standard InChI is InChI=1S/C14H12N2OS/c1-17-12-6-4-11(5-7-12)13-10-18-14(15-13)16-8-2-3-9-16/h2-10H,1H3. The first kappa shape index (κ1) is 11.0. The Morgan fingerprint density at radius 2 is 1.83 bits per heavy atom. The van der Waals surface area contributed by atoms with Gasteiger partial charge in [0.25, 0.3) is 0 Å². The molecule has 3 aromatic rings. The lowest BCUT2D eigenvalue weighted by atomic mass is 10.2. The predicted molar refractivity (Wildman–Crippen MR) is 73.4 cm³/mol. The van der Waals surface area contributed by atoms with Crippen molar-refractivity contribution < 1.29 is 4.74 Å². The first-order valence-corrected chi connectivity index (χ1v) is 6.48. The molecule has 4 heteroatoms. The Bertz CT molecular complexity index is 626. The molecule has 0 atom stereocenters. The van der Waals surface area contributed by atoms with Gasteiger partial charge in [-0.25, -0.2) is 4.98 Å². The first-order chi connectivity index (χ1) is 8.86. The van der Waals surface area contributed by atoms with Gasteiger partial charge in [0.2, 0.25) is 0 Å². The maximum Gasteiger partial charge on any atom is 0.194 e. The summed E-state index contributed by atoms with van der Waals surface area (Å²) in [6, 6.07) is 11.9. The Labute approximate surface area is 109 Å². The maximum absolute atomic E-state index is 5.15. The fourth-order valence-corrected chi connectivity index (χ4v) is 2.54. The molecule has 2 aromatic heterocycles. The lowest BCUT2D eigenvalue weighted by Gasteiger charge is -2.00. The molecule has 0 fully saturated rings. The van der Waals surface area contributed by atoms with Crippen LogP contribution in [0.15, 0.2) is 54.2 Å². The number of nitrogens with zero attached hydrogens (tertiary/aromatic N) is 2. The Balaban J connectivity index is 1.92. The quantitative estimate of drug-likeness (QED) is 0.715. The van der Waals surface area contributed by atoms with E-state index >= 15 is 0 Å². The summed E-state index contributed by atoms with van der Waals surface area (Å²) >= 11 is 1.63. The Kier molecular flexibility index (Phi) is 2.86. The van der Waals surface area contributed by atoms with E-state index in [1.54, 1.807) is 18.4 Å². The van der Waals surface area contributed by atoms with Gasteiger partial charge in [-0.2, -0.15) is 0 Å². The maximum atomic E-state index is 5.15. The topological polar surface area (TPSA) is 27.1 Å². The molecule has 0 spiro atoms. The zero-order chi connectivity index (χ0) is 12.4. The average molecular weight is 256 g/mol. The number of ether oxygens (including phenoxy) is 1. The molecule has 0 saturated carbocycles. The second-order valence-electron chi connectivity index (χ2n) is 3.83. The molecular formula is C14H12N2OS. The Hall–Kier alpha value is -2.07. The van der Waals surface area contributed by atoms with Crippen molar-refractivity contribution >= 4 is 11.3 Å². The van der Waals surface area contributed by atoms with Crippen molar-refractivity contribution in [1.29, 1.82) is 0 Å². The summed E-state index contributed by atoms with van der Waals surface area (Å²) in [5.74, 6) is 0.861. The van der Waals surface area contributed by atoms with Crippen molar-refractivity contribution in [2.45, 2.75) is 0 Å². The number of aromatic nitrogens is 2. The molecule has 3 nitrogen and oxygen atoms in total. The van der Waals surface area contributed by atoms with Crippen LogP contribution in [0, 0.1) is 0 Å². The first-order valence-electron chi connectivity index (χ1n) is 5.60. The van der Waals surface area contributed by atoms with Crippen LogP contribution in [-0.4, -0.2) is 16.7 Å². The minimum atomic E-state index is 0.861. The molecule has 0 bridgehead atoms. The second-order valence-corrected chi connectivity index (χ2v) is 4.67. The molecule has 0 aliphatic carbocycles. The van der Waals surface area contributed by atoms with Gasteiger partial charge in [-0.05, 0) is 36.4 Å². The van der Waals surface area contributed by atoms with Crippen LogP contribution in [0.4, 0.5) is 0 Å². The highest BCUT2D eigenvalue weighted by Crippen LogP contribution is 2.25. The minimum Gasteiger partial charge on any atom is -0.497 e.